The van der Waals surface area contributed by atoms with Crippen LogP contribution in [0, 0.1) is 0 Å². The Morgan fingerprint density at radius 1 is 1.21 bits per heavy atom. The molecule has 3 unspecified atom stereocenters. The lowest BCUT2D eigenvalue weighted by molar-refractivity contribution is -0.164. The van der Waals surface area contributed by atoms with Crippen molar-refractivity contribution in [3.05, 3.63) is 24.3 Å². The number of carbonyl (C=O) groups excluding carboxylic acids is 3. The minimum absolute atomic E-state index is 0.00634. The summed E-state index contributed by atoms with van der Waals surface area (Å²) in [7, 11) is 0. The average Bonchev–Trinajstić information content (AvgIpc) is 2.65. The van der Waals surface area contributed by atoms with E-state index in [2.05, 4.69) is 0 Å². The highest BCUT2D eigenvalue weighted by atomic mass is 16.5. The minimum atomic E-state index is -0.877. The number of morpholine rings is 1. The maximum atomic E-state index is 12.6. The van der Waals surface area contributed by atoms with Crippen LogP contribution < -0.4 is 9.64 Å². The van der Waals surface area contributed by atoms with E-state index in [0.717, 1.165) is 0 Å². The molecule has 2 aliphatic rings. The van der Waals surface area contributed by atoms with Crippen molar-refractivity contribution in [2.24, 2.45) is 0 Å². The number of para-hydroxylation sites is 2. The monoisotopic (exact) mass is 390 g/mol. The molecule has 152 valence electrons. The van der Waals surface area contributed by atoms with Gasteiger partial charge in [-0.3, -0.25) is 14.4 Å². The minimum Gasteiger partial charge on any atom is -0.482 e. The summed E-state index contributed by atoms with van der Waals surface area (Å²) in [6.07, 6.45) is -0.989. The molecule has 2 aliphatic heterocycles. The number of hydrogen-bond donors (Lipinski definition) is 0. The van der Waals surface area contributed by atoms with Crippen LogP contribution in [0.5, 0.6) is 5.75 Å². The van der Waals surface area contributed by atoms with Crippen molar-refractivity contribution in [2.75, 3.05) is 31.1 Å². The third-order valence-electron chi connectivity index (χ3n) is 4.74. The van der Waals surface area contributed by atoms with Crippen LogP contribution in [0.25, 0.3) is 0 Å². The van der Waals surface area contributed by atoms with Crippen LogP contribution in [0.4, 0.5) is 5.69 Å². The first kappa shape index (κ1) is 20.1. The molecule has 2 heterocycles. The van der Waals surface area contributed by atoms with Gasteiger partial charge in [0.2, 0.25) is 0 Å². The maximum Gasteiger partial charge on any atom is 0.308 e. The Labute approximate surface area is 164 Å². The number of hydrogen-bond acceptors (Lipinski definition) is 6. The van der Waals surface area contributed by atoms with Crippen LogP contribution in [0.15, 0.2) is 24.3 Å². The van der Waals surface area contributed by atoms with Crippen molar-refractivity contribution in [2.45, 2.75) is 45.5 Å². The Hall–Kier alpha value is -2.61. The Balaban J connectivity index is 1.53. The zero-order valence-electron chi connectivity index (χ0n) is 16.4. The molecule has 0 aromatic heterocycles. The van der Waals surface area contributed by atoms with E-state index < -0.39 is 12.1 Å². The second-order valence-corrected chi connectivity index (χ2v) is 7.18. The van der Waals surface area contributed by atoms with Gasteiger partial charge in [0.15, 0.2) is 12.7 Å². The summed E-state index contributed by atoms with van der Waals surface area (Å²) in [5.74, 6) is -0.364. The maximum absolute atomic E-state index is 12.6. The number of amides is 2. The van der Waals surface area contributed by atoms with Gasteiger partial charge in [-0.05, 0) is 32.9 Å². The summed E-state index contributed by atoms with van der Waals surface area (Å²) in [6.45, 7) is 6.45. The van der Waals surface area contributed by atoms with E-state index in [4.69, 9.17) is 14.2 Å². The second kappa shape index (κ2) is 8.60. The molecular weight excluding hydrogens is 364 g/mol. The number of anilines is 1. The van der Waals surface area contributed by atoms with Crippen LogP contribution in [-0.4, -0.2) is 67.2 Å². The molecule has 0 aliphatic carbocycles. The third kappa shape index (κ3) is 4.62. The highest BCUT2D eigenvalue weighted by Gasteiger charge is 2.31. The number of fused-ring (bicyclic) bond motifs is 1. The largest absolute Gasteiger partial charge is 0.482 e. The Morgan fingerprint density at radius 2 is 1.89 bits per heavy atom. The van der Waals surface area contributed by atoms with Gasteiger partial charge in [0.1, 0.15) is 5.75 Å². The summed E-state index contributed by atoms with van der Waals surface area (Å²) < 4.78 is 16.3. The van der Waals surface area contributed by atoms with Crippen molar-refractivity contribution >= 4 is 23.5 Å². The van der Waals surface area contributed by atoms with E-state index in [9.17, 15) is 14.4 Å². The Morgan fingerprint density at radius 3 is 2.61 bits per heavy atom. The van der Waals surface area contributed by atoms with Gasteiger partial charge in [-0.25, -0.2) is 0 Å². The SMILES string of the molecule is CC1CN(C(=O)C(C)OC(=O)CCN2C(=O)COc3ccccc32)CC(C)O1. The number of esters is 1. The van der Waals surface area contributed by atoms with Crippen molar-refractivity contribution in [3.8, 4) is 5.75 Å². The number of rotatable bonds is 5. The highest BCUT2D eigenvalue weighted by molar-refractivity contribution is 5.98. The predicted octanol–water partition coefficient (Wildman–Crippen LogP) is 1.37. The predicted molar refractivity (Wildman–Crippen MR) is 101 cm³/mol. The first-order valence-electron chi connectivity index (χ1n) is 9.51. The van der Waals surface area contributed by atoms with Gasteiger partial charge in [-0.2, -0.15) is 0 Å². The van der Waals surface area contributed by atoms with Crippen molar-refractivity contribution in [3.63, 3.8) is 0 Å². The van der Waals surface area contributed by atoms with Gasteiger partial charge in [0.05, 0.1) is 24.3 Å². The summed E-state index contributed by atoms with van der Waals surface area (Å²) in [5, 5.41) is 0. The van der Waals surface area contributed by atoms with E-state index in [1.54, 1.807) is 30.0 Å². The molecule has 0 spiro atoms. The third-order valence-corrected chi connectivity index (χ3v) is 4.74. The fourth-order valence-electron chi connectivity index (χ4n) is 3.52. The molecule has 0 radical (unpaired) electrons. The molecule has 1 fully saturated rings. The van der Waals surface area contributed by atoms with Gasteiger partial charge < -0.3 is 24.0 Å². The molecule has 1 aromatic carbocycles. The molecule has 0 N–H and O–H groups in total. The van der Waals surface area contributed by atoms with Crippen molar-refractivity contribution in [1.82, 2.24) is 4.90 Å². The lowest BCUT2D eigenvalue weighted by atomic mass is 10.2. The first-order chi connectivity index (χ1) is 13.3. The molecule has 3 atom stereocenters. The lowest BCUT2D eigenvalue weighted by Crippen LogP contribution is -2.51. The molecule has 8 nitrogen and oxygen atoms in total. The van der Waals surface area contributed by atoms with Gasteiger partial charge in [0.25, 0.3) is 11.8 Å². The lowest BCUT2D eigenvalue weighted by Gasteiger charge is -2.36. The fraction of sp³-hybridized carbons (Fsp3) is 0.550. The molecular formula is C20H26N2O6. The van der Waals surface area contributed by atoms with Gasteiger partial charge >= 0.3 is 5.97 Å². The number of carbonyl (C=O) groups is 3. The second-order valence-electron chi connectivity index (χ2n) is 7.18. The summed E-state index contributed by atoms with van der Waals surface area (Å²) in [5.41, 5.74) is 0.631. The van der Waals surface area contributed by atoms with Crippen molar-refractivity contribution < 1.29 is 28.6 Å². The average molecular weight is 390 g/mol. The van der Waals surface area contributed by atoms with E-state index in [0.29, 0.717) is 24.5 Å². The van der Waals surface area contributed by atoms with Crippen LogP contribution >= 0.6 is 0 Å². The summed E-state index contributed by atoms with van der Waals surface area (Å²) in [6, 6.07) is 7.17. The standard InChI is InChI=1S/C20H26N2O6/c1-13-10-21(11-14(2)27-13)20(25)15(3)28-19(24)8-9-22-16-6-4-5-7-17(16)26-12-18(22)23/h4-7,13-15H,8-12H2,1-3H3. The van der Waals surface area contributed by atoms with E-state index in [-0.39, 0.29) is 43.6 Å². The number of benzene rings is 1. The van der Waals surface area contributed by atoms with Crippen LogP contribution in [0.2, 0.25) is 0 Å². The molecule has 0 saturated carbocycles. The van der Waals surface area contributed by atoms with E-state index >= 15 is 0 Å². The number of nitrogens with zero attached hydrogens (tertiary/aromatic N) is 2. The topological polar surface area (TPSA) is 85.4 Å². The Bertz CT molecular complexity index is 742. The molecule has 1 aromatic rings. The molecule has 8 heteroatoms. The van der Waals surface area contributed by atoms with Gasteiger partial charge in [-0.15, -0.1) is 0 Å². The zero-order chi connectivity index (χ0) is 20.3. The summed E-state index contributed by atoms with van der Waals surface area (Å²) >= 11 is 0. The Kier molecular flexibility index (Phi) is 6.18. The number of ether oxygens (including phenoxy) is 3. The first-order valence-corrected chi connectivity index (χ1v) is 9.51. The molecule has 0 bridgehead atoms. The van der Waals surface area contributed by atoms with Crippen LogP contribution in [-0.2, 0) is 23.9 Å². The van der Waals surface area contributed by atoms with Crippen molar-refractivity contribution in [1.29, 1.82) is 0 Å². The van der Waals surface area contributed by atoms with Gasteiger partial charge in [0, 0.05) is 19.6 Å². The quantitative estimate of drug-likeness (QED) is 0.706. The van der Waals surface area contributed by atoms with E-state index in [1.807, 2.05) is 19.9 Å². The zero-order valence-corrected chi connectivity index (χ0v) is 16.4. The fourth-order valence-corrected chi connectivity index (χ4v) is 3.52. The molecule has 28 heavy (non-hydrogen) atoms. The smallest absolute Gasteiger partial charge is 0.308 e. The summed E-state index contributed by atoms with van der Waals surface area (Å²) in [4.78, 5) is 40.1. The molecule has 2 amide bonds. The van der Waals surface area contributed by atoms with Gasteiger partial charge in [-0.1, -0.05) is 12.1 Å². The van der Waals surface area contributed by atoms with Crippen LogP contribution in [0.1, 0.15) is 27.2 Å². The normalized spacial score (nSPS) is 22.9. The molecule has 3 rings (SSSR count). The molecule has 1 saturated heterocycles. The highest BCUT2D eigenvalue weighted by Crippen LogP contribution is 2.31. The van der Waals surface area contributed by atoms with Crippen LogP contribution in [0.3, 0.4) is 0 Å². The van der Waals surface area contributed by atoms with E-state index in [1.165, 1.54) is 4.90 Å².